The first-order valence-corrected chi connectivity index (χ1v) is 10.4. The summed E-state index contributed by atoms with van der Waals surface area (Å²) in [5, 5.41) is 1.81. The van der Waals surface area contributed by atoms with E-state index in [1.54, 1.807) is 67.9 Å². The van der Waals surface area contributed by atoms with E-state index in [1.165, 1.54) is 22.3 Å². The molecule has 3 aromatic rings. The Bertz CT molecular complexity index is 1050. The molecule has 31 heavy (non-hydrogen) atoms. The molecule has 0 unspecified atom stereocenters. The zero-order chi connectivity index (χ0) is 22.4. The van der Waals surface area contributed by atoms with Gasteiger partial charge < -0.3 is 14.4 Å². The van der Waals surface area contributed by atoms with Crippen molar-refractivity contribution in [2.45, 2.75) is 20.1 Å². The standard InChI is InChI=1S/C23H21F2NO4S/c1-3-29-19-13-15(10-11-18(19)30-23(24)25)14-26(2)22(28)17-8-5-4-7-16(17)21(27)20-9-6-12-31-20/h4-13,23H,3,14H2,1-2H3. The summed E-state index contributed by atoms with van der Waals surface area (Å²) in [7, 11) is 1.61. The Balaban J connectivity index is 1.81. The molecule has 0 bridgehead atoms. The van der Waals surface area contributed by atoms with Gasteiger partial charge in [-0.3, -0.25) is 9.59 Å². The van der Waals surface area contributed by atoms with Crippen LogP contribution < -0.4 is 9.47 Å². The SMILES string of the molecule is CCOc1cc(CN(C)C(=O)c2ccccc2C(=O)c2cccs2)ccc1OC(F)F. The van der Waals surface area contributed by atoms with Crippen LogP contribution in [0.2, 0.25) is 0 Å². The van der Waals surface area contributed by atoms with E-state index >= 15 is 0 Å². The highest BCUT2D eigenvalue weighted by molar-refractivity contribution is 7.12. The molecular formula is C23H21F2NO4S. The molecule has 0 aliphatic carbocycles. The number of carbonyl (C=O) groups excluding carboxylic acids is 2. The van der Waals surface area contributed by atoms with Crippen molar-refractivity contribution in [3.8, 4) is 11.5 Å². The molecule has 1 heterocycles. The molecule has 0 spiro atoms. The van der Waals surface area contributed by atoms with E-state index in [9.17, 15) is 18.4 Å². The van der Waals surface area contributed by atoms with Crippen molar-refractivity contribution in [2.75, 3.05) is 13.7 Å². The Kier molecular flexibility index (Phi) is 7.36. The molecule has 0 saturated heterocycles. The largest absolute Gasteiger partial charge is 0.490 e. The summed E-state index contributed by atoms with van der Waals surface area (Å²) in [6.07, 6.45) is 0. The number of rotatable bonds is 9. The fourth-order valence-electron chi connectivity index (χ4n) is 3.07. The number of hydrogen-bond donors (Lipinski definition) is 0. The lowest BCUT2D eigenvalue weighted by molar-refractivity contribution is -0.0514. The van der Waals surface area contributed by atoms with Crippen LogP contribution in [0.15, 0.2) is 60.0 Å². The minimum atomic E-state index is -2.97. The molecule has 0 aliphatic rings. The molecule has 0 aliphatic heterocycles. The molecule has 8 heteroatoms. The van der Waals surface area contributed by atoms with Gasteiger partial charge in [0, 0.05) is 19.2 Å². The summed E-state index contributed by atoms with van der Waals surface area (Å²) in [4.78, 5) is 27.9. The highest BCUT2D eigenvalue weighted by Gasteiger charge is 2.21. The Hall–Kier alpha value is -3.26. The highest BCUT2D eigenvalue weighted by Crippen LogP contribution is 2.30. The van der Waals surface area contributed by atoms with Crippen molar-refractivity contribution in [2.24, 2.45) is 0 Å². The lowest BCUT2D eigenvalue weighted by Gasteiger charge is -2.20. The number of amides is 1. The van der Waals surface area contributed by atoms with Gasteiger partial charge >= 0.3 is 6.61 Å². The van der Waals surface area contributed by atoms with Crippen LogP contribution in [-0.2, 0) is 6.54 Å². The van der Waals surface area contributed by atoms with Gasteiger partial charge in [-0.1, -0.05) is 30.3 Å². The van der Waals surface area contributed by atoms with Crippen molar-refractivity contribution in [1.82, 2.24) is 4.90 Å². The molecule has 2 aromatic carbocycles. The molecule has 0 radical (unpaired) electrons. The monoisotopic (exact) mass is 445 g/mol. The Morgan fingerprint density at radius 1 is 1.03 bits per heavy atom. The summed E-state index contributed by atoms with van der Waals surface area (Å²) in [6.45, 7) is -0.770. The molecule has 1 amide bonds. The quantitative estimate of drug-likeness (QED) is 0.422. The maximum atomic E-state index is 13.1. The average Bonchev–Trinajstić information content (AvgIpc) is 3.29. The van der Waals surface area contributed by atoms with E-state index in [2.05, 4.69) is 4.74 Å². The van der Waals surface area contributed by atoms with Crippen LogP contribution in [0, 0.1) is 0 Å². The molecule has 162 valence electrons. The van der Waals surface area contributed by atoms with E-state index in [1.807, 2.05) is 0 Å². The first kappa shape index (κ1) is 22.4. The van der Waals surface area contributed by atoms with E-state index in [-0.39, 0.29) is 36.3 Å². The third-order valence-electron chi connectivity index (χ3n) is 4.44. The van der Waals surface area contributed by atoms with Gasteiger partial charge in [-0.15, -0.1) is 11.3 Å². The van der Waals surface area contributed by atoms with Crippen LogP contribution in [0.25, 0.3) is 0 Å². The summed E-state index contributed by atoms with van der Waals surface area (Å²) >= 11 is 1.32. The predicted octanol–water partition coefficient (Wildman–Crippen LogP) is 5.25. The smallest absolute Gasteiger partial charge is 0.387 e. The number of alkyl halides is 2. The second-order valence-corrected chi connectivity index (χ2v) is 7.55. The summed E-state index contributed by atoms with van der Waals surface area (Å²) in [5.74, 6) is -0.429. The van der Waals surface area contributed by atoms with Crippen molar-refractivity contribution in [3.63, 3.8) is 0 Å². The summed E-state index contributed by atoms with van der Waals surface area (Å²) in [6, 6.07) is 14.7. The maximum Gasteiger partial charge on any atom is 0.387 e. The van der Waals surface area contributed by atoms with Crippen molar-refractivity contribution in [3.05, 3.63) is 81.5 Å². The van der Waals surface area contributed by atoms with Gasteiger partial charge in [-0.05, 0) is 42.1 Å². The maximum absolute atomic E-state index is 13.1. The molecule has 0 fully saturated rings. The lowest BCUT2D eigenvalue weighted by Crippen LogP contribution is -2.28. The number of benzene rings is 2. The average molecular weight is 445 g/mol. The van der Waals surface area contributed by atoms with Crippen molar-refractivity contribution >= 4 is 23.0 Å². The molecule has 0 atom stereocenters. The molecular weight excluding hydrogens is 424 g/mol. The zero-order valence-electron chi connectivity index (χ0n) is 17.0. The first-order valence-electron chi connectivity index (χ1n) is 9.54. The number of ether oxygens (including phenoxy) is 2. The second kappa shape index (κ2) is 10.2. The lowest BCUT2D eigenvalue weighted by atomic mass is 10.0. The molecule has 3 rings (SSSR count). The van der Waals surface area contributed by atoms with Crippen LogP contribution in [0.4, 0.5) is 8.78 Å². The summed E-state index contributed by atoms with van der Waals surface area (Å²) in [5.41, 5.74) is 1.30. The molecule has 1 aromatic heterocycles. The second-order valence-electron chi connectivity index (χ2n) is 6.61. The Morgan fingerprint density at radius 2 is 1.77 bits per heavy atom. The number of thiophene rings is 1. The number of halogens is 2. The van der Waals surface area contributed by atoms with Gasteiger partial charge in [-0.25, -0.2) is 0 Å². The van der Waals surface area contributed by atoms with Gasteiger partial charge in [0.1, 0.15) is 0 Å². The number of carbonyl (C=O) groups is 2. The van der Waals surface area contributed by atoms with Crippen molar-refractivity contribution in [1.29, 1.82) is 0 Å². The van der Waals surface area contributed by atoms with Crippen molar-refractivity contribution < 1.29 is 27.8 Å². The van der Waals surface area contributed by atoms with E-state index in [0.29, 0.717) is 21.6 Å². The number of nitrogens with zero attached hydrogens (tertiary/aromatic N) is 1. The van der Waals surface area contributed by atoms with E-state index in [0.717, 1.165) is 0 Å². The number of hydrogen-bond acceptors (Lipinski definition) is 5. The van der Waals surface area contributed by atoms with E-state index < -0.39 is 6.61 Å². The third-order valence-corrected chi connectivity index (χ3v) is 5.31. The van der Waals surface area contributed by atoms with Gasteiger partial charge in [0.05, 0.1) is 17.0 Å². The van der Waals surface area contributed by atoms with E-state index in [4.69, 9.17) is 4.74 Å². The molecule has 0 N–H and O–H groups in total. The predicted molar refractivity (Wildman–Crippen MR) is 114 cm³/mol. The molecule has 0 saturated carbocycles. The van der Waals surface area contributed by atoms with Crippen LogP contribution in [-0.4, -0.2) is 36.9 Å². The number of ketones is 1. The van der Waals surface area contributed by atoms with Gasteiger partial charge in [0.2, 0.25) is 5.78 Å². The van der Waals surface area contributed by atoms with Crippen LogP contribution in [0.5, 0.6) is 11.5 Å². The first-order chi connectivity index (χ1) is 14.9. The Labute approximate surface area is 182 Å². The highest BCUT2D eigenvalue weighted by atomic mass is 32.1. The summed E-state index contributed by atoms with van der Waals surface area (Å²) < 4.78 is 35.1. The van der Waals surface area contributed by atoms with Gasteiger partial charge in [-0.2, -0.15) is 8.78 Å². The van der Waals surface area contributed by atoms with Gasteiger partial charge in [0.25, 0.3) is 5.91 Å². The van der Waals surface area contributed by atoms with Crippen LogP contribution in [0.3, 0.4) is 0 Å². The topological polar surface area (TPSA) is 55.8 Å². The zero-order valence-corrected chi connectivity index (χ0v) is 17.8. The normalized spacial score (nSPS) is 10.7. The van der Waals surface area contributed by atoms with Crippen LogP contribution in [0.1, 0.15) is 38.1 Å². The minimum Gasteiger partial charge on any atom is -0.490 e. The Morgan fingerprint density at radius 3 is 2.42 bits per heavy atom. The minimum absolute atomic E-state index is 0.0681. The fourth-order valence-corrected chi connectivity index (χ4v) is 3.75. The third kappa shape index (κ3) is 5.46. The molecule has 5 nitrogen and oxygen atoms in total. The fraction of sp³-hybridized carbons (Fsp3) is 0.217. The van der Waals surface area contributed by atoms with Crippen LogP contribution >= 0.6 is 11.3 Å². The van der Waals surface area contributed by atoms with Gasteiger partial charge in [0.15, 0.2) is 11.5 Å².